The van der Waals surface area contributed by atoms with E-state index >= 15 is 0 Å². The molecule has 1 rings (SSSR count). The van der Waals surface area contributed by atoms with Crippen LogP contribution >= 0.6 is 0 Å². The highest BCUT2D eigenvalue weighted by atomic mass is 16.7. The van der Waals surface area contributed by atoms with E-state index in [1.807, 2.05) is 42.5 Å². The van der Waals surface area contributed by atoms with Gasteiger partial charge in [-0.25, -0.2) is 0 Å². The number of nitrogens with one attached hydrogen (secondary N) is 1. The molecule has 11 heteroatoms. The van der Waals surface area contributed by atoms with E-state index in [1.165, 1.54) is 64.2 Å². The van der Waals surface area contributed by atoms with E-state index in [1.54, 1.807) is 6.08 Å². The molecular formula is C66H111NO10. The lowest BCUT2D eigenvalue weighted by Crippen LogP contribution is -2.61. The molecule has 1 saturated heterocycles. The van der Waals surface area contributed by atoms with Gasteiger partial charge >= 0.3 is 5.97 Å². The maximum absolute atomic E-state index is 13.4. The van der Waals surface area contributed by atoms with Crippen LogP contribution < -0.4 is 5.32 Å². The number of carbonyl (C=O) groups is 2. The van der Waals surface area contributed by atoms with Gasteiger partial charge in [0.1, 0.15) is 24.4 Å². The van der Waals surface area contributed by atoms with E-state index in [0.717, 1.165) is 122 Å². The summed E-state index contributed by atoms with van der Waals surface area (Å²) in [5.74, 6) is -1.24. The van der Waals surface area contributed by atoms with Crippen molar-refractivity contribution in [3.63, 3.8) is 0 Å². The van der Waals surface area contributed by atoms with Crippen LogP contribution in [0.15, 0.2) is 109 Å². The van der Waals surface area contributed by atoms with E-state index in [9.17, 15) is 35.1 Å². The molecule has 0 aromatic rings. The molecule has 6 N–H and O–H groups in total. The van der Waals surface area contributed by atoms with Gasteiger partial charge in [0, 0.05) is 6.42 Å². The Labute approximate surface area is 468 Å². The molecule has 1 heterocycles. The van der Waals surface area contributed by atoms with Gasteiger partial charge < -0.3 is 45.1 Å². The average molecular weight is 1080 g/mol. The first-order valence-electron chi connectivity index (χ1n) is 30.7. The number of hydrogen-bond acceptors (Lipinski definition) is 10. The SMILES string of the molecule is CC/C=C/C=C/C=C/C=C\CCCCCCCC(=O)OC1C(OCC(NC(=O)C(O)CCCCCCCC/C=C\C/C=C\C/C=C\C/C=C\CCCCC)C(O)/C=C/CCCCCCCCCCC)OC(CO)C(O)C1O. The van der Waals surface area contributed by atoms with Crippen LogP contribution in [0.25, 0.3) is 0 Å². The molecule has 440 valence electrons. The second-order valence-electron chi connectivity index (χ2n) is 20.8. The van der Waals surface area contributed by atoms with Gasteiger partial charge in [-0.2, -0.15) is 0 Å². The highest BCUT2D eigenvalue weighted by molar-refractivity contribution is 5.80. The Kier molecular flexibility index (Phi) is 49.1. The molecule has 0 aliphatic carbocycles. The number of esters is 1. The number of amides is 1. The summed E-state index contributed by atoms with van der Waals surface area (Å²) in [5.41, 5.74) is 0. The van der Waals surface area contributed by atoms with Gasteiger partial charge in [0.05, 0.1) is 25.4 Å². The van der Waals surface area contributed by atoms with Crippen molar-refractivity contribution in [1.82, 2.24) is 5.32 Å². The van der Waals surface area contributed by atoms with Crippen LogP contribution in [0.4, 0.5) is 0 Å². The molecule has 1 aliphatic rings. The van der Waals surface area contributed by atoms with Crippen molar-refractivity contribution in [2.24, 2.45) is 0 Å². The highest BCUT2D eigenvalue weighted by Crippen LogP contribution is 2.26. The van der Waals surface area contributed by atoms with E-state index in [-0.39, 0.29) is 19.4 Å². The summed E-state index contributed by atoms with van der Waals surface area (Å²) in [7, 11) is 0. The standard InChI is InChI=1S/C66H111NO10/c1-4-7-10-13-16-19-22-24-26-27-28-29-30-31-32-34-35-38-41-44-47-50-53-59(70)65(74)67-57(58(69)52-49-46-43-40-37-21-18-15-12-9-6-3)56-75-66-64(63(73)62(72)60(55-68)76-66)77-61(71)54-51-48-45-42-39-36-33-25-23-20-17-14-11-8-5-2/h8,11,14,16-17,19-20,23-26,28-29,31-33,49,52,57-60,62-64,66,68-70,72-73H,4-7,9-10,12-13,15,18,21-22,27,30,34-48,50-51,53-56H2,1-3H3,(H,67,74)/b11-8+,17-14+,19-16-,23-20+,26-24-,29-28-,32-31-,33-25-,52-49+. The number of unbranched alkanes of at least 4 members (excludes halogenated alkanes) is 23. The minimum Gasteiger partial charge on any atom is -0.454 e. The number of hydrogen-bond donors (Lipinski definition) is 6. The fraction of sp³-hybridized carbons (Fsp3) is 0.697. The van der Waals surface area contributed by atoms with Gasteiger partial charge in [-0.05, 0) is 89.9 Å². The largest absolute Gasteiger partial charge is 0.454 e. The summed E-state index contributed by atoms with van der Waals surface area (Å²) in [6, 6.07) is -1.04. The van der Waals surface area contributed by atoms with Gasteiger partial charge in [-0.15, -0.1) is 0 Å². The molecule has 0 spiro atoms. The zero-order valence-electron chi connectivity index (χ0n) is 48.5. The minimum absolute atomic E-state index is 0.0902. The van der Waals surface area contributed by atoms with Crippen LogP contribution in [0.1, 0.15) is 233 Å². The lowest BCUT2D eigenvalue weighted by atomic mass is 9.99. The van der Waals surface area contributed by atoms with E-state index in [2.05, 4.69) is 86.8 Å². The van der Waals surface area contributed by atoms with Crippen molar-refractivity contribution in [3.8, 4) is 0 Å². The van der Waals surface area contributed by atoms with Crippen molar-refractivity contribution in [3.05, 3.63) is 109 Å². The summed E-state index contributed by atoms with van der Waals surface area (Å²) in [5, 5.41) is 56.9. The number of carbonyl (C=O) groups excluding carboxylic acids is 2. The number of aliphatic hydroxyl groups excluding tert-OH is 5. The Balaban J connectivity index is 2.69. The van der Waals surface area contributed by atoms with E-state index < -0.39 is 67.4 Å². The molecule has 1 aliphatic heterocycles. The van der Waals surface area contributed by atoms with Crippen molar-refractivity contribution in [1.29, 1.82) is 0 Å². The van der Waals surface area contributed by atoms with Crippen molar-refractivity contribution < 1.29 is 49.3 Å². The van der Waals surface area contributed by atoms with Crippen LogP contribution in [-0.2, 0) is 23.8 Å². The number of ether oxygens (including phenoxy) is 3. The predicted octanol–water partition coefficient (Wildman–Crippen LogP) is 14.5. The molecule has 0 aromatic carbocycles. The number of rotatable bonds is 50. The summed E-state index contributed by atoms with van der Waals surface area (Å²) >= 11 is 0. The van der Waals surface area contributed by atoms with E-state index in [0.29, 0.717) is 12.8 Å². The first-order chi connectivity index (χ1) is 37.7. The highest BCUT2D eigenvalue weighted by Gasteiger charge is 2.47. The van der Waals surface area contributed by atoms with Gasteiger partial charge in [-0.3, -0.25) is 9.59 Å². The average Bonchev–Trinajstić information content (AvgIpc) is 3.43. The molecule has 0 bridgehead atoms. The third kappa shape index (κ3) is 41.1. The first-order valence-corrected chi connectivity index (χ1v) is 30.7. The van der Waals surface area contributed by atoms with E-state index in [4.69, 9.17) is 14.2 Å². The monoisotopic (exact) mass is 1080 g/mol. The number of allylic oxidation sites excluding steroid dienone is 17. The molecule has 0 radical (unpaired) electrons. The fourth-order valence-electron chi connectivity index (χ4n) is 8.88. The van der Waals surface area contributed by atoms with Crippen LogP contribution in [0.5, 0.6) is 0 Å². The van der Waals surface area contributed by atoms with Gasteiger partial charge in [-0.1, -0.05) is 246 Å². The van der Waals surface area contributed by atoms with Gasteiger partial charge in [0.25, 0.3) is 0 Å². The third-order valence-electron chi connectivity index (χ3n) is 13.8. The second kappa shape index (κ2) is 53.0. The lowest BCUT2D eigenvalue weighted by Gasteiger charge is -2.41. The van der Waals surface area contributed by atoms with Crippen molar-refractivity contribution in [2.75, 3.05) is 13.2 Å². The molecule has 1 amide bonds. The lowest BCUT2D eigenvalue weighted by molar-refractivity contribution is -0.305. The quantitative estimate of drug-likeness (QED) is 0.0149. The molecule has 11 nitrogen and oxygen atoms in total. The van der Waals surface area contributed by atoms with Gasteiger partial charge in [0.15, 0.2) is 12.4 Å². The summed E-state index contributed by atoms with van der Waals surface area (Å²) in [6.07, 6.45) is 61.2. The molecule has 8 unspecified atom stereocenters. The molecule has 8 atom stereocenters. The van der Waals surface area contributed by atoms with Crippen LogP contribution in [0.2, 0.25) is 0 Å². The Morgan fingerprint density at radius 2 is 0.987 bits per heavy atom. The normalized spacial score (nSPS) is 19.8. The topological polar surface area (TPSA) is 175 Å². The first kappa shape index (κ1) is 71.3. The summed E-state index contributed by atoms with van der Waals surface area (Å²) < 4.78 is 17.6. The second-order valence-corrected chi connectivity index (χ2v) is 20.8. The Morgan fingerprint density at radius 3 is 1.55 bits per heavy atom. The third-order valence-corrected chi connectivity index (χ3v) is 13.8. The maximum atomic E-state index is 13.4. The van der Waals surface area contributed by atoms with Crippen LogP contribution in [-0.4, -0.2) is 99.6 Å². The summed E-state index contributed by atoms with van der Waals surface area (Å²) in [4.78, 5) is 26.5. The smallest absolute Gasteiger partial charge is 0.306 e. The molecule has 77 heavy (non-hydrogen) atoms. The fourth-order valence-corrected chi connectivity index (χ4v) is 8.88. The number of aliphatic hydroxyl groups is 5. The Bertz CT molecular complexity index is 1660. The summed E-state index contributed by atoms with van der Waals surface area (Å²) in [6.45, 7) is 5.58. The molecule has 1 fully saturated rings. The van der Waals surface area contributed by atoms with Gasteiger partial charge in [0.2, 0.25) is 5.91 Å². The zero-order chi connectivity index (χ0) is 56.1. The minimum atomic E-state index is -1.63. The predicted molar refractivity (Wildman–Crippen MR) is 319 cm³/mol. The molecule has 0 aromatic heterocycles. The van der Waals surface area contributed by atoms with Crippen LogP contribution in [0, 0.1) is 0 Å². The van der Waals surface area contributed by atoms with Crippen molar-refractivity contribution in [2.45, 2.75) is 282 Å². The molecule has 0 saturated carbocycles. The Morgan fingerprint density at radius 1 is 0.532 bits per heavy atom. The molecular weight excluding hydrogens is 967 g/mol. The van der Waals surface area contributed by atoms with Crippen LogP contribution in [0.3, 0.4) is 0 Å². The zero-order valence-corrected chi connectivity index (χ0v) is 48.5. The Hall–Kier alpha value is -3.68. The van der Waals surface area contributed by atoms with Crippen molar-refractivity contribution >= 4 is 11.9 Å². The maximum Gasteiger partial charge on any atom is 0.306 e.